The zero-order valence-corrected chi connectivity index (χ0v) is 22.7. The Morgan fingerprint density at radius 1 is 0.791 bits per heavy atom. The van der Waals surface area contributed by atoms with E-state index in [4.69, 9.17) is 21.4 Å². The summed E-state index contributed by atoms with van der Waals surface area (Å²) in [5.41, 5.74) is 7.86. The molecule has 0 amide bonds. The molecule has 0 heterocycles. The number of hydrogen-bond acceptors (Lipinski definition) is 10. The van der Waals surface area contributed by atoms with E-state index in [1.54, 1.807) is 0 Å². The van der Waals surface area contributed by atoms with Crippen molar-refractivity contribution in [1.82, 2.24) is 10.2 Å². The second-order valence-corrected chi connectivity index (χ2v) is 9.55. The molecule has 0 saturated heterocycles. The highest BCUT2D eigenvalue weighted by Gasteiger charge is 2.58. The van der Waals surface area contributed by atoms with Crippen LogP contribution in [0.25, 0.3) is 0 Å². The summed E-state index contributed by atoms with van der Waals surface area (Å²) in [6.45, 7) is -0.688. The maximum Gasteiger partial charge on any atom is 0.490 e. The number of carboxylic acids is 6. The van der Waals surface area contributed by atoms with Crippen molar-refractivity contribution < 1.29 is 72.6 Å². The van der Waals surface area contributed by atoms with Gasteiger partial charge in [0.25, 0.3) is 0 Å². The maximum absolute atomic E-state index is 12.2. The van der Waals surface area contributed by atoms with Crippen molar-refractivity contribution in [2.75, 3.05) is 25.4 Å². The Morgan fingerprint density at radius 3 is 1.49 bits per heavy atom. The minimum atomic E-state index is -5.08. The zero-order valence-electron chi connectivity index (χ0n) is 22.7. The second-order valence-electron chi connectivity index (χ2n) is 9.55. The number of alkyl halides is 3. The molecule has 16 nitrogen and oxygen atoms in total. The minimum Gasteiger partial charge on any atom is -0.481 e. The van der Waals surface area contributed by atoms with Crippen molar-refractivity contribution in [3.8, 4) is 0 Å². The highest BCUT2D eigenvalue weighted by Crippen LogP contribution is 2.41. The summed E-state index contributed by atoms with van der Waals surface area (Å²) >= 11 is 0. The van der Waals surface area contributed by atoms with E-state index < -0.39 is 97.9 Å². The molecule has 0 fully saturated rings. The first kappa shape index (κ1) is 38.5. The van der Waals surface area contributed by atoms with Gasteiger partial charge in [-0.1, -0.05) is 12.1 Å². The first-order chi connectivity index (χ1) is 19.6. The van der Waals surface area contributed by atoms with Crippen molar-refractivity contribution in [1.29, 1.82) is 0 Å². The highest BCUT2D eigenvalue weighted by molar-refractivity contribution is 5.78. The molecule has 2 atom stereocenters. The van der Waals surface area contributed by atoms with Crippen LogP contribution in [0.5, 0.6) is 0 Å². The van der Waals surface area contributed by atoms with Crippen LogP contribution >= 0.6 is 0 Å². The number of carboxylic acid groups (broad SMARTS) is 6. The third-order valence-corrected chi connectivity index (χ3v) is 5.98. The zero-order chi connectivity index (χ0) is 33.8. The molecule has 0 aromatic heterocycles. The summed E-state index contributed by atoms with van der Waals surface area (Å²) in [7, 11) is 0. The topological polar surface area (TPSA) is 291 Å². The molecule has 2 unspecified atom stereocenters. The van der Waals surface area contributed by atoms with Crippen LogP contribution in [-0.2, 0) is 35.2 Å². The number of nitrogens with zero attached hydrogens (tertiary/aromatic N) is 1. The van der Waals surface area contributed by atoms with Crippen molar-refractivity contribution in [3.05, 3.63) is 29.8 Å². The van der Waals surface area contributed by atoms with Gasteiger partial charge in [0, 0.05) is 18.3 Å². The number of rotatable bonds is 17. The van der Waals surface area contributed by atoms with Crippen LogP contribution in [0.3, 0.4) is 0 Å². The summed E-state index contributed by atoms with van der Waals surface area (Å²) in [5, 5.41) is 58.6. The number of aliphatic carboxylic acids is 6. The van der Waals surface area contributed by atoms with Crippen molar-refractivity contribution in [2.45, 2.75) is 55.9 Å². The fourth-order valence-electron chi connectivity index (χ4n) is 4.39. The lowest BCUT2D eigenvalue weighted by Crippen LogP contribution is -2.74. The van der Waals surface area contributed by atoms with E-state index in [2.05, 4.69) is 5.32 Å². The lowest BCUT2D eigenvalue weighted by atomic mass is 9.65. The van der Waals surface area contributed by atoms with Crippen molar-refractivity contribution >= 4 is 41.5 Å². The van der Waals surface area contributed by atoms with E-state index in [0.29, 0.717) is 11.3 Å². The number of nitrogen functional groups attached to an aromatic ring is 1. The molecule has 0 bridgehead atoms. The molecule has 43 heavy (non-hydrogen) atoms. The van der Waals surface area contributed by atoms with Crippen LogP contribution in [-0.4, -0.2) is 114 Å². The normalized spacial score (nSPS) is 13.6. The Bertz CT molecular complexity index is 1130. The van der Waals surface area contributed by atoms with Gasteiger partial charge in [0.15, 0.2) is 0 Å². The summed E-state index contributed by atoms with van der Waals surface area (Å²) in [6, 6.07) is 5.22. The van der Waals surface area contributed by atoms with Gasteiger partial charge >= 0.3 is 42.0 Å². The SMILES string of the molecule is CC(N)CNC(CC(=O)O)(CC(=O)O)C(CC(=O)O)(Cc1ccc(N)cc1)N(CC(=O)O)CC(=O)O.O=C(O)C(F)(F)F. The molecule has 0 radical (unpaired) electrons. The molecule has 242 valence electrons. The first-order valence-electron chi connectivity index (χ1n) is 12.1. The molecule has 0 spiro atoms. The Labute approximate surface area is 241 Å². The number of nitrogens with two attached hydrogens (primary N) is 2. The van der Waals surface area contributed by atoms with Crippen LogP contribution < -0.4 is 16.8 Å². The van der Waals surface area contributed by atoms with E-state index in [-0.39, 0.29) is 6.54 Å². The van der Waals surface area contributed by atoms with Gasteiger partial charge in [0.05, 0.1) is 43.4 Å². The van der Waals surface area contributed by atoms with Crippen LogP contribution in [0.2, 0.25) is 0 Å². The lowest BCUT2D eigenvalue weighted by molar-refractivity contribution is -0.192. The van der Waals surface area contributed by atoms with Gasteiger partial charge in [-0.15, -0.1) is 0 Å². The van der Waals surface area contributed by atoms with E-state index in [9.17, 15) is 62.7 Å². The average Bonchev–Trinajstić information content (AvgIpc) is 2.81. The number of halogens is 3. The highest BCUT2D eigenvalue weighted by atomic mass is 19.4. The predicted molar refractivity (Wildman–Crippen MR) is 139 cm³/mol. The van der Waals surface area contributed by atoms with E-state index in [0.717, 1.165) is 4.90 Å². The molecule has 0 aliphatic carbocycles. The predicted octanol–water partition coefficient (Wildman–Crippen LogP) is -0.246. The van der Waals surface area contributed by atoms with Crippen molar-refractivity contribution in [2.24, 2.45) is 5.73 Å². The fraction of sp³-hybridized carbons (Fsp3) is 0.500. The van der Waals surface area contributed by atoms with Gasteiger partial charge in [0.2, 0.25) is 0 Å². The first-order valence-corrected chi connectivity index (χ1v) is 12.1. The molecule has 19 heteroatoms. The number of hydrogen-bond donors (Lipinski definition) is 9. The summed E-state index contributed by atoms with van der Waals surface area (Å²) in [6.07, 6.45) is -8.47. The molecule has 1 aromatic carbocycles. The quantitative estimate of drug-likeness (QED) is 0.101. The Morgan fingerprint density at radius 2 is 1.19 bits per heavy atom. The number of anilines is 1. The van der Waals surface area contributed by atoms with Crippen LogP contribution in [0.4, 0.5) is 18.9 Å². The van der Waals surface area contributed by atoms with E-state index in [1.807, 2.05) is 0 Å². The summed E-state index contributed by atoms with van der Waals surface area (Å²) in [4.78, 5) is 69.6. The standard InChI is InChI=1S/C22H32N4O10.C2HF3O2/c1-13(23)10-25-21(7-16(27)28,8-17(29)30)22(9-18(31)32,6-14-2-4-15(24)5-3-14)26(11-19(33)34)12-20(35)36;3-2(4,5)1(6)7/h2-5,13,25H,6-12,23-24H2,1H3,(H,27,28)(H,29,30)(H,31,32)(H,33,34)(H,35,36);(H,6,7). The van der Waals surface area contributed by atoms with Gasteiger partial charge in [-0.25, -0.2) is 4.79 Å². The minimum absolute atomic E-state index is 0.183. The molecular formula is C24H33F3N4O12. The molecular weight excluding hydrogens is 593 g/mol. The number of nitrogens with one attached hydrogen (secondary N) is 1. The van der Waals surface area contributed by atoms with Gasteiger partial charge in [-0.05, 0) is 31.0 Å². The molecule has 0 saturated carbocycles. The summed E-state index contributed by atoms with van der Waals surface area (Å²) < 4.78 is 31.7. The fourth-order valence-corrected chi connectivity index (χ4v) is 4.39. The van der Waals surface area contributed by atoms with E-state index >= 15 is 0 Å². The molecule has 1 rings (SSSR count). The van der Waals surface area contributed by atoms with Crippen LogP contribution in [0.1, 0.15) is 31.7 Å². The Kier molecular flexibility index (Phi) is 14.5. The van der Waals surface area contributed by atoms with Gasteiger partial charge in [-0.3, -0.25) is 28.9 Å². The lowest BCUT2D eigenvalue weighted by Gasteiger charge is -2.55. The van der Waals surface area contributed by atoms with Gasteiger partial charge in [0.1, 0.15) is 0 Å². The molecule has 11 N–H and O–H groups in total. The Balaban J connectivity index is 0.00000223. The molecule has 0 aliphatic rings. The Hall–Kier alpha value is -4.49. The molecule has 1 aromatic rings. The monoisotopic (exact) mass is 626 g/mol. The van der Waals surface area contributed by atoms with Crippen molar-refractivity contribution in [3.63, 3.8) is 0 Å². The van der Waals surface area contributed by atoms with Crippen LogP contribution in [0.15, 0.2) is 24.3 Å². The van der Waals surface area contributed by atoms with Crippen LogP contribution in [0, 0.1) is 0 Å². The maximum atomic E-state index is 12.2. The smallest absolute Gasteiger partial charge is 0.481 e. The number of benzene rings is 1. The van der Waals surface area contributed by atoms with Gasteiger partial charge in [-0.2, -0.15) is 13.2 Å². The summed E-state index contributed by atoms with van der Waals surface area (Å²) in [5.74, 6) is -10.4. The number of carbonyl (C=O) groups is 6. The second kappa shape index (κ2) is 16.2. The third-order valence-electron chi connectivity index (χ3n) is 5.98. The van der Waals surface area contributed by atoms with E-state index in [1.165, 1.54) is 31.2 Å². The average molecular weight is 627 g/mol. The van der Waals surface area contributed by atoms with Gasteiger partial charge < -0.3 is 47.4 Å². The largest absolute Gasteiger partial charge is 0.490 e. The third kappa shape index (κ3) is 12.9. The molecule has 0 aliphatic heterocycles.